The molecule has 17 rings (SSSR count). The molecule has 5 aromatic carbocycles. The first-order valence-corrected chi connectivity index (χ1v) is 32.8. The Morgan fingerprint density at radius 2 is 0.958 bits per heavy atom. The molecule has 25 heteroatoms. The monoisotopic (exact) mass is 1310 g/mol. The number of ketones is 3. The van der Waals surface area contributed by atoms with Gasteiger partial charge in [0.15, 0.2) is 79.8 Å². The van der Waals surface area contributed by atoms with Crippen LogP contribution in [0.1, 0.15) is 124 Å². The van der Waals surface area contributed by atoms with Gasteiger partial charge in [-0.1, -0.05) is 12.8 Å². The lowest BCUT2D eigenvalue weighted by Crippen LogP contribution is -2.15. The van der Waals surface area contributed by atoms with Crippen molar-refractivity contribution in [3.63, 3.8) is 0 Å². The minimum Gasteiger partial charge on any atom is -0.515 e. The Hall–Kier alpha value is -10.8. The fourth-order valence-corrected chi connectivity index (χ4v) is 12.4. The molecule has 4 aliphatic carbocycles. The molecule has 5 aliphatic heterocycles. The molecular formula is C71H82N11O14+. The topological polar surface area (TPSA) is 350 Å². The minimum atomic E-state index is 0. The number of Topliss-reactive ketones (excluding diaryl/α,β-unsaturated/α-hetero) is 3. The van der Waals surface area contributed by atoms with Crippen molar-refractivity contribution in [2.24, 2.45) is 5.10 Å². The molecule has 9 N–H and O–H groups in total. The first-order chi connectivity index (χ1) is 47.1. The zero-order chi connectivity index (χ0) is 66.8. The second-order valence-corrected chi connectivity index (χ2v) is 23.7. The van der Waals surface area contributed by atoms with Gasteiger partial charge in [-0.25, -0.2) is 11.1 Å². The predicted molar refractivity (Wildman–Crippen MR) is 362 cm³/mol. The SMILES string of the molecule is Cc1[nH]nc2c1CCCc1c-2[nH]c2cc3c(cc12)OCCO3.N#[N+]c1ccc2c(c1)OCCO2.N=N.Nc1ccc2c(c1)OCCO2.O=C1CCCCC/C1=C/O.O=C1CCCCC/C1=N\Nc1ccc2c(c1)OCCO2.O=C1CCCCc2c1[nH]c1cc3c(cc21)OCCO3.[HH]. The molecule has 0 amide bonds. The standard InChI is InChI=1S/C17H17N3O2.C15H18N2O3.C15H15NO3.C8H7N2O2.C8H9NO2.C8H12O2.H2N2.H2/c1-9-10-3-2-4-11-12-7-14-15(22-6-5-21-14)8-13(12)18-16(11)17(10)20-19-9;18-13-5-3-1-2-4-12(13)17-16-11-6-7-14-15(10-11)20-9-8-19-14;17-12-4-2-1-3-9-10-7-13-14(19-6-5-18-13)8-11(10)16-15(9)12;9-10-6-1-2-7-8(5-6)12-4-3-11-7;9-6-1-2-7-8(5-6)11-4-3-10-7;9-6-7-4-2-1-3-5-8(7)10;1-2;/h7-8,18H,2-6H2,1H3,(H,19,20);6-7,10,16H,1-5,8-9H2;7-8,16H,1-6H2;1-2,5H,3-4H2;1-2,5H,3-4,9H2;6,9H,1-5H2;1-2H;1H/q;;;+1;;;;/b;17-12+;;;;7-6-;;. The number of hydrogen-bond donors (Lipinski definition) is 8. The number of benzene rings is 5. The largest absolute Gasteiger partial charge is 0.515 e. The second kappa shape index (κ2) is 32.4. The summed E-state index contributed by atoms with van der Waals surface area (Å²) in [6.45, 7) is 7.98. The maximum atomic E-state index is 12.1. The number of nitrogens with two attached hydrogens (primary N) is 1. The number of nitrogens with zero attached hydrogens (tertiary/aromatic N) is 4. The van der Waals surface area contributed by atoms with Crippen LogP contribution in [0.3, 0.4) is 0 Å². The third-order valence-corrected chi connectivity index (χ3v) is 17.2. The summed E-state index contributed by atoms with van der Waals surface area (Å²) in [6.07, 6.45) is 16.9. The Morgan fingerprint density at radius 3 is 1.56 bits per heavy atom. The molecule has 2 saturated carbocycles. The molecule has 0 bridgehead atoms. The summed E-state index contributed by atoms with van der Waals surface area (Å²) >= 11 is 0. The van der Waals surface area contributed by atoms with E-state index in [4.69, 9.17) is 74.7 Å². The Labute approximate surface area is 555 Å². The van der Waals surface area contributed by atoms with Gasteiger partial charge in [0.05, 0.1) is 40.4 Å². The van der Waals surface area contributed by atoms with Crippen LogP contribution in [0.15, 0.2) is 95.8 Å². The molecule has 2 fully saturated rings. The molecule has 9 aliphatic rings. The molecule has 96 heavy (non-hydrogen) atoms. The normalized spacial score (nSPS) is 17.6. The quantitative estimate of drug-likeness (QED) is 0.0116. The summed E-state index contributed by atoms with van der Waals surface area (Å²) < 4.78 is 54.8. The summed E-state index contributed by atoms with van der Waals surface area (Å²) in [4.78, 5) is 44.8. The summed E-state index contributed by atoms with van der Waals surface area (Å²) in [7, 11) is 0. The van der Waals surface area contributed by atoms with Crippen molar-refractivity contribution < 1.29 is 68.3 Å². The van der Waals surface area contributed by atoms with Gasteiger partial charge in [-0.2, -0.15) is 10.2 Å². The number of aliphatic hydroxyl groups is 1. The van der Waals surface area contributed by atoms with E-state index >= 15 is 0 Å². The van der Waals surface area contributed by atoms with E-state index in [2.05, 4.69) is 54.7 Å². The van der Waals surface area contributed by atoms with E-state index in [-0.39, 0.29) is 18.8 Å². The fourth-order valence-electron chi connectivity index (χ4n) is 12.4. The lowest BCUT2D eigenvalue weighted by Gasteiger charge is -2.18. The lowest BCUT2D eigenvalue weighted by molar-refractivity contribution is -0.115. The van der Waals surface area contributed by atoms with Gasteiger partial charge in [-0.15, -0.1) is 0 Å². The number of allylic oxidation sites excluding steroid dienone is 1. The van der Waals surface area contributed by atoms with Gasteiger partial charge in [-0.05, 0) is 138 Å². The van der Waals surface area contributed by atoms with Crippen molar-refractivity contribution in [1.82, 2.24) is 20.2 Å². The number of aryl methyl sites for hydroxylation is 3. The number of nitrogens with one attached hydrogen (secondary N) is 6. The fraction of sp³-hybridized carbons (Fsp3) is 0.394. The lowest BCUT2D eigenvalue weighted by atomic mass is 10.1. The molecule has 0 spiro atoms. The van der Waals surface area contributed by atoms with Gasteiger partial charge >= 0.3 is 5.69 Å². The van der Waals surface area contributed by atoms with Crippen molar-refractivity contribution in [2.75, 3.05) is 77.2 Å². The molecule has 8 heterocycles. The number of aromatic amines is 3. The van der Waals surface area contributed by atoms with Gasteiger partial charge in [-0.3, -0.25) is 24.9 Å². The Kier molecular flexibility index (Phi) is 22.5. The highest BCUT2D eigenvalue weighted by Gasteiger charge is 2.27. The predicted octanol–water partition coefficient (Wildman–Crippen LogP) is 14.5. The first-order valence-electron chi connectivity index (χ1n) is 32.8. The van der Waals surface area contributed by atoms with Gasteiger partial charge in [0.1, 0.15) is 77.5 Å². The number of hydrogen-bond acceptors (Lipinski definition) is 21. The van der Waals surface area contributed by atoms with E-state index < -0.39 is 0 Å². The molecule has 3 aromatic heterocycles. The second-order valence-electron chi connectivity index (χ2n) is 23.7. The highest BCUT2D eigenvalue weighted by Crippen LogP contribution is 2.43. The molecule has 0 saturated heterocycles. The van der Waals surface area contributed by atoms with Crippen LogP contribution in [-0.2, 0) is 28.9 Å². The summed E-state index contributed by atoms with van der Waals surface area (Å²) in [5.74, 6) is 8.08. The number of carbonyl (C=O) groups excluding carboxylic acids is 3. The molecule has 8 aromatic rings. The number of hydrazone groups is 1. The number of rotatable bonds is 2. The number of ether oxygens (including phenoxy) is 10. The number of diazo groups is 1. The van der Waals surface area contributed by atoms with E-state index in [1.54, 1.807) is 30.3 Å². The van der Waals surface area contributed by atoms with Crippen LogP contribution >= 0.6 is 0 Å². The van der Waals surface area contributed by atoms with Crippen LogP contribution in [0.2, 0.25) is 0 Å². The van der Waals surface area contributed by atoms with Crippen LogP contribution in [0.4, 0.5) is 17.1 Å². The maximum Gasteiger partial charge on any atom is 0.389 e. The van der Waals surface area contributed by atoms with Crippen molar-refractivity contribution in [3.8, 4) is 68.9 Å². The molecule has 0 radical (unpaired) electrons. The molecule has 25 nitrogen and oxygen atoms in total. The minimum absolute atomic E-state index is 0. The van der Waals surface area contributed by atoms with Crippen LogP contribution in [0.25, 0.3) is 38.2 Å². The van der Waals surface area contributed by atoms with Crippen molar-refractivity contribution >= 4 is 61.9 Å². The van der Waals surface area contributed by atoms with Crippen LogP contribution in [0.5, 0.6) is 57.5 Å². The average Bonchev–Trinajstić information content (AvgIpc) is 1.61. The van der Waals surface area contributed by atoms with Gasteiger partial charge in [0.25, 0.3) is 0 Å². The Bertz CT molecular complexity index is 4210. The number of anilines is 2. The number of carbonyl (C=O) groups is 3. The molecule has 0 unspecified atom stereocenters. The number of H-pyrrole nitrogens is 3. The zero-order valence-electron chi connectivity index (χ0n) is 53.8. The van der Waals surface area contributed by atoms with E-state index in [0.717, 1.165) is 181 Å². The summed E-state index contributed by atoms with van der Waals surface area (Å²) in [6, 6.07) is 24.1. The van der Waals surface area contributed by atoms with Crippen molar-refractivity contribution in [3.05, 3.63) is 124 Å². The number of fused-ring (bicyclic) bond motifs is 13. The third kappa shape index (κ3) is 16.2. The highest BCUT2D eigenvalue weighted by atomic mass is 16.6. The Balaban J connectivity index is 0.000000128. The van der Waals surface area contributed by atoms with Crippen LogP contribution in [0, 0.1) is 23.4 Å². The molecule has 504 valence electrons. The molecular weight excluding hydrogens is 1230 g/mol. The summed E-state index contributed by atoms with van der Waals surface area (Å²) in [5.41, 5.74) is 31.8. The molecule has 0 atom stereocenters. The van der Waals surface area contributed by atoms with E-state index in [9.17, 15) is 14.4 Å². The zero-order valence-corrected chi connectivity index (χ0v) is 53.8. The average molecular weight is 1310 g/mol. The van der Waals surface area contributed by atoms with Crippen LogP contribution in [-0.4, -0.2) is 114 Å². The van der Waals surface area contributed by atoms with E-state index in [1.165, 1.54) is 22.2 Å². The van der Waals surface area contributed by atoms with Gasteiger partial charge in [0, 0.05) is 84.3 Å². The highest BCUT2D eigenvalue weighted by molar-refractivity contribution is 6.40. The van der Waals surface area contributed by atoms with Crippen molar-refractivity contribution in [2.45, 2.75) is 116 Å². The number of aliphatic hydroxyl groups excluding tert-OH is 1. The van der Waals surface area contributed by atoms with Gasteiger partial charge < -0.3 is 68.2 Å². The maximum absolute atomic E-state index is 12.1. The summed E-state index contributed by atoms with van der Waals surface area (Å²) in [5, 5.41) is 31.3. The van der Waals surface area contributed by atoms with Gasteiger partial charge in [0.2, 0.25) is 5.39 Å². The number of nitrogen functional groups attached to an aromatic ring is 1. The Morgan fingerprint density at radius 1 is 0.510 bits per heavy atom. The van der Waals surface area contributed by atoms with Crippen LogP contribution < -0.4 is 58.5 Å². The first kappa shape index (κ1) is 66.7. The van der Waals surface area contributed by atoms with E-state index in [0.29, 0.717) is 125 Å². The number of aromatic nitrogens is 4. The third-order valence-electron chi connectivity index (χ3n) is 17.2. The van der Waals surface area contributed by atoms with Crippen molar-refractivity contribution in [1.29, 1.82) is 16.5 Å². The smallest absolute Gasteiger partial charge is 0.389 e. The van der Waals surface area contributed by atoms with E-state index in [1.807, 2.05) is 36.4 Å².